The van der Waals surface area contributed by atoms with E-state index < -0.39 is 17.8 Å². The molecule has 23 heavy (non-hydrogen) atoms. The van der Waals surface area contributed by atoms with E-state index in [0.717, 1.165) is 5.56 Å². The van der Waals surface area contributed by atoms with E-state index in [1.165, 1.54) is 11.8 Å². The molecule has 0 aliphatic carbocycles. The average Bonchev–Trinajstić information content (AvgIpc) is 2.80. The molecular weight excluding hydrogens is 327 g/mol. The summed E-state index contributed by atoms with van der Waals surface area (Å²) in [7, 11) is 0. The molecule has 7 heteroatoms. The SMILES string of the molecule is CC(c1ccccc1)N1C2=NC(Cl)=CCN2C[C@@]1(C)C(F)(F)F. The van der Waals surface area contributed by atoms with E-state index in [0.29, 0.717) is 6.54 Å². The lowest BCUT2D eigenvalue weighted by molar-refractivity contribution is -0.212. The van der Waals surface area contributed by atoms with Gasteiger partial charge in [0.2, 0.25) is 5.96 Å². The maximum Gasteiger partial charge on any atom is 0.413 e. The Morgan fingerprint density at radius 3 is 2.52 bits per heavy atom. The highest BCUT2D eigenvalue weighted by molar-refractivity contribution is 6.30. The van der Waals surface area contributed by atoms with Gasteiger partial charge in [0.05, 0.1) is 12.6 Å². The molecule has 1 saturated heterocycles. The monoisotopic (exact) mass is 343 g/mol. The van der Waals surface area contributed by atoms with Crippen LogP contribution in [0.25, 0.3) is 0 Å². The Kier molecular flexibility index (Phi) is 3.83. The van der Waals surface area contributed by atoms with E-state index in [1.54, 1.807) is 17.9 Å². The van der Waals surface area contributed by atoms with Crippen LogP contribution in [0.3, 0.4) is 0 Å². The van der Waals surface area contributed by atoms with Crippen LogP contribution >= 0.6 is 11.6 Å². The van der Waals surface area contributed by atoms with E-state index in [1.807, 2.05) is 30.3 Å². The van der Waals surface area contributed by atoms with Gasteiger partial charge in [-0.2, -0.15) is 13.2 Å². The Morgan fingerprint density at radius 2 is 1.91 bits per heavy atom. The van der Waals surface area contributed by atoms with Crippen molar-refractivity contribution < 1.29 is 13.2 Å². The van der Waals surface area contributed by atoms with Gasteiger partial charge in [0.1, 0.15) is 5.16 Å². The molecule has 0 N–H and O–H groups in total. The van der Waals surface area contributed by atoms with E-state index in [-0.39, 0.29) is 17.7 Å². The summed E-state index contributed by atoms with van der Waals surface area (Å²) in [6.07, 6.45) is -2.76. The number of alkyl halides is 3. The number of aliphatic imine (C=N–C) groups is 1. The van der Waals surface area contributed by atoms with Crippen molar-refractivity contribution in [2.75, 3.05) is 13.1 Å². The maximum atomic E-state index is 13.8. The van der Waals surface area contributed by atoms with Crippen molar-refractivity contribution >= 4 is 17.6 Å². The van der Waals surface area contributed by atoms with Crippen molar-refractivity contribution in [1.29, 1.82) is 0 Å². The summed E-state index contributed by atoms with van der Waals surface area (Å²) in [6, 6.07) is 8.65. The minimum atomic E-state index is -4.39. The zero-order valence-corrected chi connectivity index (χ0v) is 13.6. The van der Waals surface area contributed by atoms with Gasteiger partial charge in [-0.1, -0.05) is 41.9 Å². The summed E-state index contributed by atoms with van der Waals surface area (Å²) < 4.78 is 41.5. The second-order valence-corrected chi connectivity index (χ2v) is 6.43. The van der Waals surface area contributed by atoms with Crippen molar-refractivity contribution in [2.24, 2.45) is 4.99 Å². The Labute approximate surface area is 138 Å². The van der Waals surface area contributed by atoms with Crippen LogP contribution in [0.15, 0.2) is 46.6 Å². The van der Waals surface area contributed by atoms with Crippen molar-refractivity contribution in [3.8, 4) is 0 Å². The molecule has 0 spiro atoms. The normalized spacial score (nSPS) is 25.8. The van der Waals surface area contributed by atoms with Gasteiger partial charge in [-0.15, -0.1) is 0 Å². The number of fused-ring (bicyclic) bond motifs is 1. The molecule has 3 nitrogen and oxygen atoms in total. The zero-order valence-electron chi connectivity index (χ0n) is 12.8. The first-order chi connectivity index (χ1) is 10.7. The molecule has 2 aliphatic rings. The van der Waals surface area contributed by atoms with Gasteiger partial charge in [-0.3, -0.25) is 0 Å². The lowest BCUT2D eigenvalue weighted by Gasteiger charge is -2.40. The topological polar surface area (TPSA) is 18.8 Å². The van der Waals surface area contributed by atoms with Gasteiger partial charge in [0.25, 0.3) is 0 Å². The van der Waals surface area contributed by atoms with Crippen LogP contribution in [0.4, 0.5) is 13.2 Å². The van der Waals surface area contributed by atoms with E-state index in [4.69, 9.17) is 11.6 Å². The van der Waals surface area contributed by atoms with Crippen LogP contribution in [-0.4, -0.2) is 40.6 Å². The van der Waals surface area contributed by atoms with Crippen LogP contribution in [0, 0.1) is 0 Å². The summed E-state index contributed by atoms with van der Waals surface area (Å²) in [5, 5.41) is 0.230. The third-order valence-electron chi connectivity index (χ3n) is 4.50. The predicted molar refractivity (Wildman–Crippen MR) is 84.1 cm³/mol. The Hall–Kier alpha value is -1.69. The quantitative estimate of drug-likeness (QED) is 0.752. The summed E-state index contributed by atoms with van der Waals surface area (Å²) in [6.45, 7) is 3.16. The van der Waals surface area contributed by atoms with E-state index in [9.17, 15) is 13.2 Å². The molecule has 0 saturated carbocycles. The lowest BCUT2D eigenvalue weighted by atomic mass is 9.96. The Morgan fingerprint density at radius 1 is 1.26 bits per heavy atom. The van der Waals surface area contributed by atoms with Gasteiger partial charge < -0.3 is 9.80 Å². The van der Waals surface area contributed by atoms with Crippen LogP contribution in [-0.2, 0) is 0 Å². The minimum Gasteiger partial charge on any atom is -0.336 e. The second kappa shape index (κ2) is 5.44. The number of guanidine groups is 1. The number of hydrogen-bond donors (Lipinski definition) is 0. The fraction of sp³-hybridized carbons (Fsp3) is 0.438. The molecule has 2 heterocycles. The molecule has 1 aromatic rings. The van der Waals surface area contributed by atoms with Gasteiger partial charge in [0, 0.05) is 6.54 Å². The molecule has 2 atom stereocenters. The predicted octanol–water partition coefficient (Wildman–Crippen LogP) is 4.14. The second-order valence-electron chi connectivity index (χ2n) is 6.05. The molecular formula is C16H17ClF3N3. The van der Waals surface area contributed by atoms with Crippen molar-refractivity contribution in [3.63, 3.8) is 0 Å². The first kappa shape index (κ1) is 16.2. The van der Waals surface area contributed by atoms with Crippen molar-refractivity contribution in [1.82, 2.24) is 9.80 Å². The zero-order chi connectivity index (χ0) is 16.8. The average molecular weight is 344 g/mol. The molecule has 0 amide bonds. The molecule has 2 aliphatic heterocycles. The van der Waals surface area contributed by atoms with Crippen LogP contribution in [0.2, 0.25) is 0 Å². The van der Waals surface area contributed by atoms with E-state index >= 15 is 0 Å². The first-order valence-corrected chi connectivity index (χ1v) is 7.72. The lowest BCUT2D eigenvalue weighted by Crippen LogP contribution is -2.56. The van der Waals surface area contributed by atoms with Gasteiger partial charge in [0.15, 0.2) is 5.54 Å². The summed E-state index contributed by atoms with van der Waals surface area (Å²) in [4.78, 5) is 7.15. The van der Waals surface area contributed by atoms with Gasteiger partial charge in [-0.05, 0) is 25.5 Å². The summed E-state index contributed by atoms with van der Waals surface area (Å²) >= 11 is 5.95. The highest BCUT2D eigenvalue weighted by atomic mass is 35.5. The molecule has 0 bridgehead atoms. The highest BCUT2D eigenvalue weighted by Crippen LogP contribution is 2.45. The summed E-state index contributed by atoms with van der Waals surface area (Å²) in [5.74, 6) is 0.286. The molecule has 3 rings (SSSR count). The maximum absolute atomic E-state index is 13.8. The third kappa shape index (κ3) is 2.59. The number of benzene rings is 1. The molecule has 1 unspecified atom stereocenters. The van der Waals surface area contributed by atoms with Crippen LogP contribution < -0.4 is 0 Å². The largest absolute Gasteiger partial charge is 0.413 e. The Bertz CT molecular complexity index is 656. The third-order valence-corrected chi connectivity index (χ3v) is 4.73. The number of halogens is 4. The van der Waals surface area contributed by atoms with E-state index in [2.05, 4.69) is 4.99 Å². The molecule has 1 aromatic carbocycles. The summed E-state index contributed by atoms with van der Waals surface area (Å²) in [5.41, 5.74) is -1.21. The first-order valence-electron chi connectivity index (χ1n) is 7.34. The van der Waals surface area contributed by atoms with Crippen molar-refractivity contribution in [2.45, 2.75) is 31.6 Å². The number of nitrogens with zero attached hydrogens (tertiary/aromatic N) is 3. The molecule has 1 fully saturated rings. The fourth-order valence-corrected chi connectivity index (χ4v) is 3.34. The fourth-order valence-electron chi connectivity index (χ4n) is 3.20. The highest BCUT2D eigenvalue weighted by Gasteiger charge is 2.62. The smallest absolute Gasteiger partial charge is 0.336 e. The van der Waals surface area contributed by atoms with Crippen molar-refractivity contribution in [3.05, 3.63) is 47.1 Å². The Balaban J connectivity index is 2.09. The van der Waals surface area contributed by atoms with Crippen LogP contribution in [0.1, 0.15) is 25.5 Å². The van der Waals surface area contributed by atoms with Crippen LogP contribution in [0.5, 0.6) is 0 Å². The minimum absolute atomic E-state index is 0.160. The standard InChI is InChI=1S/C16H17ClF3N3/c1-11(12-6-4-3-5-7-12)23-14-21-13(17)8-9-22(14)10-15(23,2)16(18,19)20/h3-8,11H,9-10H2,1-2H3/t11?,15-/m0/s1. The number of rotatable bonds is 2. The number of hydrogen-bond acceptors (Lipinski definition) is 3. The molecule has 0 aromatic heterocycles. The molecule has 0 radical (unpaired) electrons. The van der Waals surface area contributed by atoms with Gasteiger partial charge >= 0.3 is 6.18 Å². The molecule has 124 valence electrons. The van der Waals surface area contributed by atoms with Gasteiger partial charge in [-0.25, -0.2) is 4.99 Å².